The topological polar surface area (TPSA) is 61.2 Å². The zero-order valence-electron chi connectivity index (χ0n) is 15.4. The Morgan fingerprint density at radius 2 is 2.20 bits per heavy atom. The van der Waals surface area contributed by atoms with Gasteiger partial charge < -0.3 is 4.74 Å². The van der Waals surface area contributed by atoms with Gasteiger partial charge in [-0.25, -0.2) is 9.78 Å². The molecule has 136 valence electrons. The molecule has 25 heavy (non-hydrogen) atoms. The first-order valence-electron chi connectivity index (χ1n) is 9.06. The molecule has 6 heteroatoms. The first-order chi connectivity index (χ1) is 11.9. The number of hydrogen-bond donors (Lipinski definition) is 0. The van der Waals surface area contributed by atoms with Gasteiger partial charge in [0.25, 0.3) is 5.56 Å². The average molecular weight is 362 g/mol. The quantitative estimate of drug-likeness (QED) is 0.760. The Hall–Kier alpha value is -1.69. The Morgan fingerprint density at radius 3 is 2.92 bits per heavy atom. The number of carbonyl (C=O) groups is 1. The fourth-order valence-corrected chi connectivity index (χ4v) is 4.59. The lowest BCUT2D eigenvalue weighted by molar-refractivity contribution is -0.147. The molecular formula is C19H26N2O3S. The zero-order valence-corrected chi connectivity index (χ0v) is 16.2. The summed E-state index contributed by atoms with van der Waals surface area (Å²) in [6, 6.07) is -0.658. The number of hydrogen-bond acceptors (Lipinski definition) is 5. The molecule has 0 fully saturated rings. The number of fused-ring (bicyclic) bond motifs is 3. The number of rotatable bonds is 5. The number of nitrogens with zero attached hydrogens (tertiary/aromatic N) is 2. The highest BCUT2D eigenvalue weighted by Gasteiger charge is 2.25. The van der Waals surface area contributed by atoms with Gasteiger partial charge in [-0.1, -0.05) is 20.8 Å². The normalized spacial score (nSPS) is 18.4. The summed E-state index contributed by atoms with van der Waals surface area (Å²) in [6.45, 7) is 8.50. The first-order valence-corrected chi connectivity index (χ1v) is 9.88. The second-order valence-electron chi connectivity index (χ2n) is 7.51. The van der Waals surface area contributed by atoms with Crippen molar-refractivity contribution in [2.24, 2.45) is 11.8 Å². The molecular weight excluding hydrogens is 336 g/mol. The standard InChI is InChI=1S/C19H26N2O3S/c1-11(2)7-8-24-19(23)13(4)21-10-20-17-16(18(21)22)14-6-5-12(3)9-15(14)25-17/h10-13H,5-9H2,1-4H3/t12-,13+/m0/s1. The van der Waals surface area contributed by atoms with Crippen LogP contribution >= 0.6 is 11.3 Å². The highest BCUT2D eigenvalue weighted by Crippen LogP contribution is 2.35. The van der Waals surface area contributed by atoms with E-state index >= 15 is 0 Å². The van der Waals surface area contributed by atoms with E-state index in [-0.39, 0.29) is 11.5 Å². The molecule has 0 spiro atoms. The fraction of sp³-hybridized carbons (Fsp3) is 0.632. The van der Waals surface area contributed by atoms with Gasteiger partial charge in [0.15, 0.2) is 0 Å². The van der Waals surface area contributed by atoms with Crippen molar-refractivity contribution in [1.29, 1.82) is 0 Å². The van der Waals surface area contributed by atoms with Gasteiger partial charge in [0.2, 0.25) is 0 Å². The van der Waals surface area contributed by atoms with Crippen LogP contribution in [0.1, 0.15) is 57.0 Å². The van der Waals surface area contributed by atoms with Gasteiger partial charge in [-0.2, -0.15) is 0 Å². The Balaban J connectivity index is 1.88. The summed E-state index contributed by atoms with van der Waals surface area (Å²) >= 11 is 1.62. The molecule has 0 saturated heterocycles. The Labute approximate surface area is 152 Å². The molecule has 0 saturated carbocycles. The fourth-order valence-electron chi connectivity index (χ4n) is 3.25. The van der Waals surface area contributed by atoms with E-state index in [1.165, 1.54) is 15.8 Å². The molecule has 5 nitrogen and oxygen atoms in total. The third-order valence-corrected chi connectivity index (χ3v) is 6.10. The molecule has 2 aromatic heterocycles. The molecule has 0 N–H and O–H groups in total. The van der Waals surface area contributed by atoms with Crippen molar-refractivity contribution in [2.45, 2.75) is 59.4 Å². The van der Waals surface area contributed by atoms with Crippen LogP contribution in [-0.4, -0.2) is 22.1 Å². The third-order valence-electron chi connectivity index (χ3n) is 4.94. The highest BCUT2D eigenvalue weighted by molar-refractivity contribution is 7.18. The minimum atomic E-state index is -0.658. The van der Waals surface area contributed by atoms with Gasteiger partial charge in [0.1, 0.15) is 10.9 Å². The van der Waals surface area contributed by atoms with Crippen LogP contribution in [0.25, 0.3) is 10.2 Å². The molecule has 1 aliphatic carbocycles. The van der Waals surface area contributed by atoms with E-state index in [9.17, 15) is 9.59 Å². The van der Waals surface area contributed by atoms with Crippen LogP contribution in [0.15, 0.2) is 11.1 Å². The molecule has 0 aliphatic heterocycles. The Morgan fingerprint density at radius 1 is 1.44 bits per heavy atom. The van der Waals surface area contributed by atoms with Crippen molar-refractivity contribution in [3.8, 4) is 0 Å². The molecule has 0 bridgehead atoms. The van der Waals surface area contributed by atoms with Crippen LogP contribution in [0.4, 0.5) is 0 Å². The maximum Gasteiger partial charge on any atom is 0.328 e. The molecule has 2 aromatic rings. The van der Waals surface area contributed by atoms with E-state index in [1.54, 1.807) is 18.3 Å². The maximum atomic E-state index is 13.0. The number of aromatic nitrogens is 2. The lowest BCUT2D eigenvalue weighted by atomic mass is 9.89. The smallest absolute Gasteiger partial charge is 0.328 e. The number of ether oxygens (including phenoxy) is 1. The van der Waals surface area contributed by atoms with Crippen molar-refractivity contribution in [1.82, 2.24) is 9.55 Å². The van der Waals surface area contributed by atoms with Crippen molar-refractivity contribution >= 4 is 27.5 Å². The van der Waals surface area contributed by atoms with Gasteiger partial charge >= 0.3 is 5.97 Å². The number of esters is 1. The van der Waals surface area contributed by atoms with Gasteiger partial charge in [-0.3, -0.25) is 9.36 Å². The third kappa shape index (κ3) is 3.64. The van der Waals surface area contributed by atoms with Gasteiger partial charge in [0, 0.05) is 4.88 Å². The largest absolute Gasteiger partial charge is 0.464 e. The van der Waals surface area contributed by atoms with E-state index in [4.69, 9.17) is 4.74 Å². The predicted molar refractivity (Wildman–Crippen MR) is 100 cm³/mol. The maximum absolute atomic E-state index is 13.0. The second kappa shape index (κ2) is 7.28. The van der Waals surface area contributed by atoms with E-state index in [0.29, 0.717) is 23.8 Å². The molecule has 0 amide bonds. The van der Waals surface area contributed by atoms with Gasteiger partial charge in [-0.15, -0.1) is 11.3 Å². The molecule has 0 aromatic carbocycles. The molecule has 0 unspecified atom stereocenters. The summed E-state index contributed by atoms with van der Waals surface area (Å²) in [6.07, 6.45) is 5.35. The van der Waals surface area contributed by atoms with E-state index in [2.05, 4.69) is 25.8 Å². The van der Waals surface area contributed by atoms with Crippen LogP contribution in [0, 0.1) is 11.8 Å². The van der Waals surface area contributed by atoms with Crippen LogP contribution in [0.2, 0.25) is 0 Å². The molecule has 0 radical (unpaired) electrons. The van der Waals surface area contributed by atoms with Crippen molar-refractivity contribution in [3.05, 3.63) is 27.1 Å². The predicted octanol–water partition coefficient (Wildman–Crippen LogP) is 3.73. The monoisotopic (exact) mass is 362 g/mol. The van der Waals surface area contributed by atoms with Gasteiger partial charge in [0.05, 0.1) is 18.3 Å². The SMILES string of the molecule is CC(C)CCOC(=O)[C@@H](C)n1cnc2sc3c(c2c1=O)CC[C@H](C)C3. The number of thiophene rings is 1. The second-order valence-corrected chi connectivity index (χ2v) is 8.60. The van der Waals surface area contributed by atoms with Crippen LogP contribution < -0.4 is 5.56 Å². The van der Waals surface area contributed by atoms with Crippen molar-refractivity contribution in [3.63, 3.8) is 0 Å². The van der Waals surface area contributed by atoms with E-state index < -0.39 is 6.04 Å². The summed E-state index contributed by atoms with van der Waals surface area (Å²) < 4.78 is 6.74. The average Bonchev–Trinajstić information content (AvgIpc) is 2.92. The molecule has 1 aliphatic rings. The van der Waals surface area contributed by atoms with Crippen LogP contribution in [-0.2, 0) is 22.4 Å². The van der Waals surface area contributed by atoms with E-state index in [0.717, 1.165) is 36.1 Å². The summed E-state index contributed by atoms with van der Waals surface area (Å²) in [4.78, 5) is 31.8. The number of carbonyl (C=O) groups excluding carboxylic acids is 1. The Bertz CT molecular complexity index is 837. The lowest BCUT2D eigenvalue weighted by Crippen LogP contribution is -2.30. The van der Waals surface area contributed by atoms with Crippen molar-refractivity contribution < 1.29 is 9.53 Å². The summed E-state index contributed by atoms with van der Waals surface area (Å²) in [5, 5.41) is 0.705. The van der Waals surface area contributed by atoms with E-state index in [1.807, 2.05) is 0 Å². The summed E-state index contributed by atoms with van der Waals surface area (Å²) in [5.41, 5.74) is 1.02. The van der Waals surface area contributed by atoms with Gasteiger partial charge in [-0.05, 0) is 50.0 Å². The Kier molecular flexibility index (Phi) is 5.27. The molecule has 3 rings (SSSR count). The number of aryl methyl sites for hydroxylation is 1. The molecule has 2 heterocycles. The van der Waals surface area contributed by atoms with Crippen LogP contribution in [0.3, 0.4) is 0 Å². The van der Waals surface area contributed by atoms with Crippen molar-refractivity contribution in [2.75, 3.05) is 6.61 Å². The minimum absolute atomic E-state index is 0.120. The molecule has 2 atom stereocenters. The summed E-state index contributed by atoms with van der Waals surface area (Å²) in [7, 11) is 0. The lowest BCUT2D eigenvalue weighted by Gasteiger charge is -2.18. The first kappa shape index (κ1) is 18.1. The minimum Gasteiger partial charge on any atom is -0.464 e. The summed E-state index contributed by atoms with van der Waals surface area (Å²) in [5.74, 6) is 0.753. The highest BCUT2D eigenvalue weighted by atomic mass is 32.1. The van der Waals surface area contributed by atoms with Crippen LogP contribution in [0.5, 0.6) is 0 Å². The zero-order chi connectivity index (χ0) is 18.1.